The van der Waals surface area contributed by atoms with Crippen molar-refractivity contribution >= 4 is 49.6 Å². The van der Waals surface area contributed by atoms with Crippen molar-refractivity contribution in [3.05, 3.63) is 64.3 Å². The van der Waals surface area contributed by atoms with Gasteiger partial charge in [0.2, 0.25) is 29.5 Å². The number of aliphatic hydroxyl groups is 1. The summed E-state index contributed by atoms with van der Waals surface area (Å²) in [6.45, 7) is 24.0. The molecule has 1 aliphatic rings. The Balaban J connectivity index is 1.67. The number of likely N-dealkylation sites (N-methyl/N-ethyl adjacent to an activating group) is 2. The Labute approximate surface area is 452 Å². The Bertz CT molecular complexity index is 2190. The fourth-order valence-electron chi connectivity index (χ4n) is 10.3. The van der Waals surface area contributed by atoms with E-state index in [1.807, 2.05) is 85.7 Å². The van der Waals surface area contributed by atoms with Crippen LogP contribution >= 0.6 is 11.8 Å². The summed E-state index contributed by atoms with van der Waals surface area (Å²) in [5.41, 5.74) is 9.50. The van der Waals surface area contributed by atoms with E-state index in [0.29, 0.717) is 42.3 Å². The van der Waals surface area contributed by atoms with Gasteiger partial charge >= 0.3 is 0 Å². The van der Waals surface area contributed by atoms with Crippen LogP contribution in [0.1, 0.15) is 125 Å². The number of azide groups is 1. The molecule has 3 N–H and O–H groups in total. The Hall–Kier alpha value is -4.63. The number of carbonyl (C=O) groups excluding carboxylic acids is 5. The van der Waals surface area contributed by atoms with Crippen LogP contribution in [0.5, 0.6) is 0 Å². The zero-order valence-corrected chi connectivity index (χ0v) is 49.6. The SMILES string of the molecule is CC[C@@H](C)[C@H]([C@H](CC(=O)N1CCC[C@@H]1[C@@H](OC)[C@H](C)C(=O)N[C@@H](C)[C@H](O)c1ccccc1)OC)N(C)C(=O)[C@H](NC(=O)[C@@H](C(C)C)N(C)C(=O)CCC[Si](C)(C)OC(C)(C)CSc1ncc(CN=[N+]=[N-])cn1)C(C)C. The van der Waals surface area contributed by atoms with Gasteiger partial charge in [0.1, 0.15) is 12.1 Å². The van der Waals surface area contributed by atoms with Gasteiger partial charge in [0.25, 0.3) is 0 Å². The average Bonchev–Trinajstić information content (AvgIpc) is 3.85. The van der Waals surface area contributed by atoms with Crippen molar-refractivity contribution in [1.82, 2.24) is 35.3 Å². The molecular weight excluding hydrogens is 993 g/mol. The minimum Gasteiger partial charge on any atom is -0.412 e. The monoisotopic (exact) mass is 1080 g/mol. The lowest BCUT2D eigenvalue weighted by atomic mass is 9.89. The molecule has 0 spiro atoms. The summed E-state index contributed by atoms with van der Waals surface area (Å²) >= 11 is 1.48. The standard InChI is InChI=1S/C54H90N10O9SSi/c1-17-36(6)47(42(71-13)29-44(66)64-27-21-25-41(64)49(72-14)37(7)50(68)59-38(8)48(67)40-23-19-18-20-24-40)63(12)52(70)45(34(2)3)60-51(69)46(35(4)5)62(11)43(65)26-22-28-75(15,16)73-54(9,10)33-74-53-56-30-39(31-57-53)32-58-61-55/h18-20,23-24,30-31,34-38,41-42,45-49,67H,17,21-22,25-29,32-33H2,1-16H3,(H,59,68)(H,60,69)/t36-,37+,38+,41-,42+,45-,46-,47-,48+,49+/m1/s1. The number of amides is 5. The maximum atomic E-state index is 14.7. The first kappa shape index (κ1) is 64.7. The number of benzene rings is 1. The van der Waals surface area contributed by atoms with E-state index in [1.54, 1.807) is 57.2 Å². The molecule has 2 heterocycles. The number of hydrogen-bond donors (Lipinski definition) is 3. The van der Waals surface area contributed by atoms with Gasteiger partial charge in [-0.15, -0.1) is 0 Å². The van der Waals surface area contributed by atoms with Gasteiger partial charge in [0.15, 0.2) is 13.5 Å². The quantitative estimate of drug-likeness (QED) is 0.0163. The lowest BCUT2D eigenvalue weighted by molar-refractivity contribution is -0.148. The van der Waals surface area contributed by atoms with Crippen LogP contribution in [0.2, 0.25) is 19.1 Å². The van der Waals surface area contributed by atoms with E-state index < -0.39 is 74.3 Å². The van der Waals surface area contributed by atoms with Gasteiger partial charge in [0.05, 0.1) is 60.9 Å². The second-order valence-corrected chi connectivity index (χ2v) is 27.4. The van der Waals surface area contributed by atoms with Gasteiger partial charge in [-0.05, 0) is 93.6 Å². The highest BCUT2D eigenvalue weighted by Crippen LogP contribution is 2.31. The number of methoxy groups -OCH3 is 2. The van der Waals surface area contributed by atoms with E-state index in [0.717, 1.165) is 18.0 Å². The fraction of sp³-hybridized carbons (Fsp3) is 0.722. The molecule has 1 fully saturated rings. The molecule has 75 heavy (non-hydrogen) atoms. The Morgan fingerprint density at radius 3 is 2.16 bits per heavy atom. The third-order valence-corrected chi connectivity index (χ3v) is 18.4. The lowest BCUT2D eigenvalue weighted by Gasteiger charge is -2.41. The molecule has 0 saturated carbocycles. The second kappa shape index (κ2) is 30.3. The largest absolute Gasteiger partial charge is 0.412 e. The average molecular weight is 1080 g/mol. The third-order valence-electron chi connectivity index (χ3n) is 14.5. The maximum Gasteiger partial charge on any atom is 0.245 e. The molecule has 10 atom stereocenters. The summed E-state index contributed by atoms with van der Waals surface area (Å²) in [6, 6.07) is 6.56. The number of nitrogens with zero attached hydrogens (tertiary/aromatic N) is 8. The lowest BCUT2D eigenvalue weighted by Crippen LogP contribution is -2.60. The van der Waals surface area contributed by atoms with Crippen LogP contribution in [0.25, 0.3) is 10.4 Å². The molecule has 0 bridgehead atoms. The van der Waals surface area contributed by atoms with Gasteiger partial charge in [-0.3, -0.25) is 24.0 Å². The van der Waals surface area contributed by atoms with Crippen LogP contribution in [-0.4, -0.2) is 156 Å². The molecule has 0 aliphatic carbocycles. The summed E-state index contributed by atoms with van der Waals surface area (Å²) in [5, 5.41) is 21.1. The van der Waals surface area contributed by atoms with Crippen molar-refractivity contribution in [2.24, 2.45) is 28.8 Å². The van der Waals surface area contributed by atoms with E-state index in [2.05, 4.69) is 43.7 Å². The Kier molecular flexibility index (Phi) is 26.2. The van der Waals surface area contributed by atoms with Gasteiger partial charge < -0.3 is 44.3 Å². The molecule has 2 aromatic rings. The minimum atomic E-state index is -2.26. The molecule has 0 radical (unpaired) electrons. The zero-order chi connectivity index (χ0) is 56.4. The predicted octanol–water partition coefficient (Wildman–Crippen LogP) is 7.94. The number of likely N-dealkylation sites (tertiary alicyclic amines) is 1. The highest BCUT2D eigenvalue weighted by molar-refractivity contribution is 7.99. The van der Waals surface area contributed by atoms with Crippen molar-refractivity contribution in [1.29, 1.82) is 0 Å². The highest BCUT2D eigenvalue weighted by atomic mass is 32.2. The summed E-state index contributed by atoms with van der Waals surface area (Å²) < 4.78 is 18.8. The molecule has 1 aromatic carbocycles. The first-order valence-electron chi connectivity index (χ1n) is 26.6. The fourth-order valence-corrected chi connectivity index (χ4v) is 13.8. The molecule has 21 heteroatoms. The summed E-state index contributed by atoms with van der Waals surface area (Å²) in [6.07, 6.45) is 3.85. The molecule has 5 amide bonds. The van der Waals surface area contributed by atoms with Crippen LogP contribution in [0.15, 0.2) is 53.0 Å². The summed E-state index contributed by atoms with van der Waals surface area (Å²) in [4.78, 5) is 87.4. The zero-order valence-electron chi connectivity index (χ0n) is 47.7. The topological polar surface area (TPSA) is 242 Å². The number of hydrogen-bond acceptors (Lipinski definition) is 13. The second-order valence-electron chi connectivity index (χ2n) is 22.2. The molecule has 1 aromatic heterocycles. The molecular formula is C54H90N10O9SSi. The number of carbonyl (C=O) groups is 5. The first-order chi connectivity index (χ1) is 35.2. The van der Waals surface area contributed by atoms with Crippen molar-refractivity contribution < 1.29 is 43.0 Å². The highest BCUT2D eigenvalue weighted by Gasteiger charge is 2.44. The molecule has 19 nitrogen and oxygen atoms in total. The van der Waals surface area contributed by atoms with Crippen molar-refractivity contribution in [2.75, 3.05) is 40.6 Å². The number of aliphatic hydroxyl groups excluding tert-OH is 1. The van der Waals surface area contributed by atoms with Crippen LogP contribution in [-0.2, 0) is 44.4 Å². The Morgan fingerprint density at radius 2 is 1.60 bits per heavy atom. The van der Waals surface area contributed by atoms with Crippen LogP contribution in [0.3, 0.4) is 0 Å². The van der Waals surface area contributed by atoms with Gasteiger partial charge in [0, 0.05) is 64.3 Å². The number of rotatable bonds is 31. The van der Waals surface area contributed by atoms with Crippen molar-refractivity contribution in [3.63, 3.8) is 0 Å². The molecule has 3 rings (SSSR count). The smallest absolute Gasteiger partial charge is 0.245 e. The summed E-state index contributed by atoms with van der Waals surface area (Å²) in [5.74, 6) is -2.15. The predicted molar refractivity (Wildman–Crippen MR) is 296 cm³/mol. The number of ether oxygens (including phenoxy) is 2. The maximum absolute atomic E-state index is 14.7. The number of aromatic nitrogens is 2. The van der Waals surface area contributed by atoms with Gasteiger partial charge in [-0.25, -0.2) is 9.97 Å². The molecule has 1 aliphatic heterocycles. The van der Waals surface area contributed by atoms with Gasteiger partial charge in [-0.2, -0.15) is 0 Å². The van der Waals surface area contributed by atoms with E-state index in [-0.39, 0.29) is 60.8 Å². The Morgan fingerprint density at radius 1 is 0.960 bits per heavy atom. The number of thioether (sulfide) groups is 1. The van der Waals surface area contributed by atoms with Crippen LogP contribution < -0.4 is 10.6 Å². The normalized spacial score (nSPS) is 17.7. The van der Waals surface area contributed by atoms with E-state index in [4.69, 9.17) is 19.4 Å². The molecule has 0 unspecified atom stereocenters. The van der Waals surface area contributed by atoms with Gasteiger partial charge in [-0.1, -0.05) is 102 Å². The van der Waals surface area contributed by atoms with Crippen molar-refractivity contribution in [3.8, 4) is 0 Å². The van der Waals surface area contributed by atoms with Crippen molar-refractivity contribution in [2.45, 2.75) is 193 Å². The van der Waals surface area contributed by atoms with Crippen LogP contribution in [0.4, 0.5) is 0 Å². The minimum absolute atomic E-state index is 0.0337. The van der Waals surface area contributed by atoms with E-state index in [9.17, 15) is 29.1 Å². The third kappa shape index (κ3) is 19.1. The molecule has 1 saturated heterocycles. The van der Waals surface area contributed by atoms with E-state index in [1.165, 1.54) is 23.8 Å². The number of nitrogens with one attached hydrogen (secondary N) is 2. The van der Waals surface area contributed by atoms with Crippen LogP contribution in [0, 0.1) is 23.7 Å². The molecule has 420 valence electrons. The summed E-state index contributed by atoms with van der Waals surface area (Å²) in [7, 11) is 4.16. The van der Waals surface area contributed by atoms with E-state index >= 15 is 0 Å². The first-order valence-corrected chi connectivity index (χ1v) is 30.7.